The first-order valence-electron chi connectivity index (χ1n) is 9.11. The summed E-state index contributed by atoms with van der Waals surface area (Å²) in [6.07, 6.45) is 4.79. The van der Waals surface area contributed by atoms with Crippen LogP contribution in [0, 0.1) is 6.92 Å². The Kier molecular flexibility index (Phi) is 5.64. The number of aromatic nitrogens is 2. The molecule has 0 radical (unpaired) electrons. The predicted octanol–water partition coefficient (Wildman–Crippen LogP) is 3.48. The van der Waals surface area contributed by atoms with Crippen LogP contribution in [-0.4, -0.2) is 28.7 Å². The van der Waals surface area contributed by atoms with Gasteiger partial charge in [0.1, 0.15) is 0 Å². The van der Waals surface area contributed by atoms with Crippen LogP contribution < -0.4 is 10.2 Å². The molecule has 1 saturated heterocycles. The molecule has 1 fully saturated rings. The second kappa shape index (κ2) is 8.10. The molecular formula is C20H26N4O. The van der Waals surface area contributed by atoms with Crippen molar-refractivity contribution < 1.29 is 4.79 Å². The number of nitrogens with one attached hydrogen (secondary N) is 1. The van der Waals surface area contributed by atoms with Crippen LogP contribution in [0.25, 0.3) is 0 Å². The van der Waals surface area contributed by atoms with Gasteiger partial charge in [0.15, 0.2) is 11.5 Å². The lowest BCUT2D eigenvalue weighted by atomic mass is 10.0. The molecule has 1 N–H and O–H groups in total. The minimum atomic E-state index is -0.189. The van der Waals surface area contributed by atoms with Gasteiger partial charge in [-0.2, -0.15) is 0 Å². The normalized spacial score (nSPS) is 17.4. The summed E-state index contributed by atoms with van der Waals surface area (Å²) in [7, 11) is 0. The zero-order valence-corrected chi connectivity index (χ0v) is 15.0. The lowest BCUT2D eigenvalue weighted by molar-refractivity contribution is 0.0945. The van der Waals surface area contributed by atoms with Crippen LogP contribution in [0.3, 0.4) is 0 Å². The van der Waals surface area contributed by atoms with Crippen molar-refractivity contribution in [1.82, 2.24) is 15.5 Å². The topological polar surface area (TPSA) is 58.1 Å². The summed E-state index contributed by atoms with van der Waals surface area (Å²) in [5.41, 5.74) is 2.63. The monoisotopic (exact) mass is 338 g/mol. The summed E-state index contributed by atoms with van der Waals surface area (Å²) in [6.45, 7) is 5.77. The summed E-state index contributed by atoms with van der Waals surface area (Å²) in [4.78, 5) is 14.6. The van der Waals surface area contributed by atoms with Crippen molar-refractivity contribution in [3.05, 3.63) is 53.2 Å². The summed E-state index contributed by atoms with van der Waals surface area (Å²) in [6, 6.07) is 12.3. The minimum absolute atomic E-state index is 0.189. The highest BCUT2D eigenvalue weighted by Crippen LogP contribution is 2.24. The number of aryl methyl sites for hydroxylation is 1. The third-order valence-corrected chi connectivity index (χ3v) is 4.81. The van der Waals surface area contributed by atoms with Gasteiger partial charge in [0, 0.05) is 19.1 Å². The third-order valence-electron chi connectivity index (χ3n) is 4.81. The van der Waals surface area contributed by atoms with Crippen molar-refractivity contribution in [2.45, 2.75) is 52.1 Å². The van der Waals surface area contributed by atoms with Gasteiger partial charge < -0.3 is 10.2 Å². The predicted molar refractivity (Wildman–Crippen MR) is 99.7 cm³/mol. The van der Waals surface area contributed by atoms with Crippen molar-refractivity contribution in [2.75, 3.05) is 11.4 Å². The van der Waals surface area contributed by atoms with Crippen molar-refractivity contribution >= 4 is 11.7 Å². The quantitative estimate of drug-likeness (QED) is 0.907. The third kappa shape index (κ3) is 4.35. The molecule has 1 aliphatic heterocycles. The van der Waals surface area contributed by atoms with Gasteiger partial charge in [-0.15, -0.1) is 10.2 Å². The molecule has 5 heteroatoms. The van der Waals surface area contributed by atoms with E-state index < -0.39 is 0 Å². The van der Waals surface area contributed by atoms with Gasteiger partial charge in [0.2, 0.25) is 0 Å². The molecule has 1 atom stereocenters. The molecule has 1 aromatic carbocycles. The van der Waals surface area contributed by atoms with E-state index in [-0.39, 0.29) is 5.91 Å². The number of amides is 1. The molecule has 3 rings (SSSR count). The lowest BCUT2D eigenvalue weighted by Gasteiger charge is -2.35. The van der Waals surface area contributed by atoms with Crippen LogP contribution in [0.4, 0.5) is 5.82 Å². The first-order chi connectivity index (χ1) is 12.2. The second-order valence-electron chi connectivity index (χ2n) is 6.70. The molecule has 1 aromatic heterocycles. The molecule has 0 saturated carbocycles. The number of carbonyl (C=O) groups excluding carboxylic acids is 1. The van der Waals surface area contributed by atoms with Crippen molar-refractivity contribution in [3.63, 3.8) is 0 Å². The molecule has 2 aromatic rings. The number of hydrogen-bond donors (Lipinski definition) is 1. The highest BCUT2D eigenvalue weighted by molar-refractivity contribution is 5.92. The number of benzene rings is 1. The van der Waals surface area contributed by atoms with E-state index in [0.29, 0.717) is 18.3 Å². The molecule has 25 heavy (non-hydrogen) atoms. The van der Waals surface area contributed by atoms with E-state index in [4.69, 9.17) is 0 Å². The molecule has 1 unspecified atom stereocenters. The second-order valence-corrected chi connectivity index (χ2v) is 6.70. The average molecular weight is 338 g/mol. The molecule has 0 aliphatic carbocycles. The zero-order valence-electron chi connectivity index (χ0n) is 15.0. The van der Waals surface area contributed by atoms with E-state index in [0.717, 1.165) is 24.3 Å². The molecule has 5 nitrogen and oxygen atoms in total. The van der Waals surface area contributed by atoms with E-state index in [1.165, 1.54) is 24.8 Å². The fraction of sp³-hybridized carbons (Fsp3) is 0.450. The molecule has 2 heterocycles. The van der Waals surface area contributed by atoms with Crippen molar-refractivity contribution in [2.24, 2.45) is 0 Å². The Hall–Kier alpha value is -2.43. The van der Waals surface area contributed by atoms with Gasteiger partial charge in [-0.3, -0.25) is 4.79 Å². The van der Waals surface area contributed by atoms with Crippen LogP contribution in [0.5, 0.6) is 0 Å². The molecule has 1 aliphatic rings. The first kappa shape index (κ1) is 17.4. The number of nitrogens with zero attached hydrogens (tertiary/aromatic N) is 3. The maximum Gasteiger partial charge on any atom is 0.272 e. The summed E-state index contributed by atoms with van der Waals surface area (Å²) >= 11 is 0. The summed E-state index contributed by atoms with van der Waals surface area (Å²) < 4.78 is 0. The van der Waals surface area contributed by atoms with E-state index in [9.17, 15) is 4.79 Å². The van der Waals surface area contributed by atoms with Gasteiger partial charge in [0.25, 0.3) is 5.91 Å². The largest absolute Gasteiger partial charge is 0.352 e. The zero-order chi connectivity index (χ0) is 17.6. The Labute approximate surface area is 149 Å². The fourth-order valence-corrected chi connectivity index (χ4v) is 3.42. The van der Waals surface area contributed by atoms with Crippen LogP contribution in [-0.2, 0) is 6.54 Å². The SMILES string of the molecule is CCC1CCCCN1c1ccc(C(=O)NCc2cccc(C)c2)nn1. The molecular weight excluding hydrogens is 312 g/mol. The smallest absolute Gasteiger partial charge is 0.272 e. The highest BCUT2D eigenvalue weighted by Gasteiger charge is 2.22. The van der Waals surface area contributed by atoms with E-state index >= 15 is 0 Å². The van der Waals surface area contributed by atoms with E-state index in [1.54, 1.807) is 6.07 Å². The molecule has 132 valence electrons. The van der Waals surface area contributed by atoms with Gasteiger partial charge in [-0.05, 0) is 50.3 Å². The van der Waals surface area contributed by atoms with Crippen molar-refractivity contribution in [3.8, 4) is 0 Å². The lowest BCUT2D eigenvalue weighted by Crippen LogP contribution is -2.39. The van der Waals surface area contributed by atoms with Gasteiger partial charge in [0.05, 0.1) is 0 Å². The minimum Gasteiger partial charge on any atom is -0.352 e. The Morgan fingerprint density at radius 1 is 1.24 bits per heavy atom. The Morgan fingerprint density at radius 3 is 2.84 bits per heavy atom. The molecule has 1 amide bonds. The maximum atomic E-state index is 12.3. The molecule has 0 bridgehead atoms. The Morgan fingerprint density at radius 2 is 2.12 bits per heavy atom. The Bertz CT molecular complexity index is 714. The van der Waals surface area contributed by atoms with Gasteiger partial charge >= 0.3 is 0 Å². The molecule has 0 spiro atoms. The van der Waals surface area contributed by atoms with Gasteiger partial charge in [-0.1, -0.05) is 36.8 Å². The van der Waals surface area contributed by atoms with Gasteiger partial charge in [-0.25, -0.2) is 0 Å². The number of hydrogen-bond acceptors (Lipinski definition) is 4. The van der Waals surface area contributed by atoms with Crippen molar-refractivity contribution in [1.29, 1.82) is 0 Å². The number of piperidine rings is 1. The first-order valence-corrected chi connectivity index (χ1v) is 9.11. The number of rotatable bonds is 5. The fourth-order valence-electron chi connectivity index (χ4n) is 3.42. The number of anilines is 1. The van der Waals surface area contributed by atoms with Crippen LogP contribution in [0.2, 0.25) is 0 Å². The standard InChI is InChI=1S/C20H26N4O/c1-3-17-9-4-5-12-24(17)19-11-10-18(22-23-19)20(25)21-14-16-8-6-7-15(2)13-16/h6-8,10-11,13,17H,3-5,9,12,14H2,1-2H3,(H,21,25). The summed E-state index contributed by atoms with van der Waals surface area (Å²) in [5, 5.41) is 11.4. The van der Waals surface area contributed by atoms with E-state index in [1.807, 2.05) is 31.2 Å². The average Bonchev–Trinajstić information content (AvgIpc) is 2.66. The van der Waals surface area contributed by atoms with Crippen LogP contribution in [0.1, 0.15) is 54.2 Å². The van der Waals surface area contributed by atoms with Crippen LogP contribution in [0.15, 0.2) is 36.4 Å². The van der Waals surface area contributed by atoms with E-state index in [2.05, 4.69) is 33.4 Å². The number of carbonyl (C=O) groups is 1. The highest BCUT2D eigenvalue weighted by atomic mass is 16.1. The maximum absolute atomic E-state index is 12.3. The Balaban J connectivity index is 1.62. The van der Waals surface area contributed by atoms with Crippen LogP contribution >= 0.6 is 0 Å². The summed E-state index contributed by atoms with van der Waals surface area (Å²) in [5.74, 6) is 0.688.